The van der Waals surface area contributed by atoms with Crippen LogP contribution in [0.2, 0.25) is 0 Å². The van der Waals surface area contributed by atoms with E-state index in [0.29, 0.717) is 24.3 Å². The summed E-state index contributed by atoms with van der Waals surface area (Å²) >= 11 is 0. The zero-order valence-corrected chi connectivity index (χ0v) is 24.8. The molecule has 0 spiro atoms. The Morgan fingerprint density at radius 1 is 1.14 bits per heavy atom. The molecular weight excluding hydrogens is 588 g/mol. The molecule has 3 heterocycles. The van der Waals surface area contributed by atoms with Crippen LogP contribution in [0.4, 0.5) is 32.0 Å². The molecule has 2 aromatic carbocycles. The summed E-state index contributed by atoms with van der Waals surface area (Å²) < 4.78 is 105. The van der Waals surface area contributed by atoms with Crippen molar-refractivity contribution < 1.29 is 40.6 Å². The molecule has 0 amide bonds. The van der Waals surface area contributed by atoms with Crippen LogP contribution in [-0.4, -0.2) is 49.2 Å². The van der Waals surface area contributed by atoms with E-state index in [0.717, 1.165) is 25.7 Å². The first kappa shape index (κ1) is 31.9. The molecule has 2 fully saturated rings. The molecule has 238 valence electrons. The highest BCUT2D eigenvalue weighted by molar-refractivity contribution is 5.61. The minimum absolute atomic E-state index is 0.0141. The third kappa shape index (κ3) is 5.93. The molecule has 2 aliphatic rings. The average Bonchev–Trinajstić information content (AvgIpc) is 3.27. The number of halogens is 6. The lowest BCUT2D eigenvalue weighted by atomic mass is 9.76. The molecule has 6 atom stereocenters. The molecule has 12 heteroatoms. The lowest BCUT2D eigenvalue weighted by Crippen LogP contribution is -2.46. The quantitative estimate of drug-likeness (QED) is 0.259. The largest absolute Gasteiger partial charge is 0.493 e. The van der Waals surface area contributed by atoms with E-state index in [1.165, 1.54) is 19.1 Å². The van der Waals surface area contributed by atoms with Gasteiger partial charge in [-0.05, 0) is 38.4 Å². The number of alkyl halides is 4. The van der Waals surface area contributed by atoms with Gasteiger partial charge in [0.1, 0.15) is 24.6 Å². The number of piperidine rings is 1. The maximum Gasteiger partial charge on any atom is 0.417 e. The number of benzene rings is 2. The van der Waals surface area contributed by atoms with Gasteiger partial charge in [-0.3, -0.25) is 4.98 Å². The van der Waals surface area contributed by atoms with Crippen LogP contribution < -0.4 is 20.1 Å². The van der Waals surface area contributed by atoms with E-state index < -0.39 is 59.3 Å². The van der Waals surface area contributed by atoms with Crippen molar-refractivity contribution in [2.45, 2.75) is 69.8 Å². The standard InChI is InChI=1S/C32H35F6N3O3/c1-17-26(20-10-11-21(33)27(35)29(20)42-4)30(44-31(17,3)32(36,37)38)24-14-25(43-16-19-8-6-5-7-9-19)28(18(2)40-24)41-23-12-13-39-15-22(23)34/h5-11,14,17,22-23,26,30,39,41H,12-13,15-16H2,1-4H3/t17-,22-,23-,26-,30-,31+/m0/s1. The van der Waals surface area contributed by atoms with Crippen molar-refractivity contribution in [1.82, 2.24) is 10.3 Å². The second-order valence-corrected chi connectivity index (χ2v) is 11.5. The van der Waals surface area contributed by atoms with Gasteiger partial charge in [0.2, 0.25) is 5.82 Å². The lowest BCUT2D eigenvalue weighted by Gasteiger charge is -2.32. The molecule has 5 rings (SSSR count). The number of anilines is 1. The van der Waals surface area contributed by atoms with Gasteiger partial charge in [-0.25, -0.2) is 8.78 Å². The molecule has 0 aliphatic carbocycles. The fourth-order valence-electron chi connectivity index (χ4n) is 6.07. The molecule has 0 radical (unpaired) electrons. The number of nitrogens with one attached hydrogen (secondary N) is 2. The Morgan fingerprint density at radius 2 is 1.86 bits per heavy atom. The smallest absolute Gasteiger partial charge is 0.417 e. The first-order valence-corrected chi connectivity index (χ1v) is 14.4. The fraction of sp³-hybridized carbons (Fsp3) is 0.469. The van der Waals surface area contributed by atoms with Crippen LogP contribution in [0.3, 0.4) is 0 Å². The van der Waals surface area contributed by atoms with Crippen LogP contribution in [0, 0.1) is 24.5 Å². The van der Waals surface area contributed by atoms with Crippen molar-refractivity contribution in [2.24, 2.45) is 5.92 Å². The highest BCUT2D eigenvalue weighted by atomic mass is 19.4. The van der Waals surface area contributed by atoms with E-state index in [1.807, 2.05) is 30.3 Å². The Bertz CT molecular complexity index is 1470. The third-order valence-corrected chi connectivity index (χ3v) is 8.76. The molecule has 2 aliphatic heterocycles. The van der Waals surface area contributed by atoms with Gasteiger partial charge >= 0.3 is 6.18 Å². The number of methoxy groups -OCH3 is 1. The zero-order valence-electron chi connectivity index (χ0n) is 24.8. The molecule has 0 bridgehead atoms. The van der Waals surface area contributed by atoms with Crippen molar-refractivity contribution in [1.29, 1.82) is 0 Å². The van der Waals surface area contributed by atoms with Crippen LogP contribution in [0.5, 0.6) is 11.5 Å². The van der Waals surface area contributed by atoms with E-state index in [-0.39, 0.29) is 30.2 Å². The lowest BCUT2D eigenvalue weighted by molar-refractivity contribution is -0.275. The Morgan fingerprint density at radius 3 is 2.52 bits per heavy atom. The maximum absolute atomic E-state index is 14.9. The van der Waals surface area contributed by atoms with Crippen LogP contribution in [-0.2, 0) is 11.3 Å². The minimum Gasteiger partial charge on any atom is -0.493 e. The van der Waals surface area contributed by atoms with Crippen LogP contribution in [0.25, 0.3) is 0 Å². The van der Waals surface area contributed by atoms with Gasteiger partial charge in [-0.2, -0.15) is 17.6 Å². The summed E-state index contributed by atoms with van der Waals surface area (Å²) in [5, 5.41) is 6.21. The van der Waals surface area contributed by atoms with Crippen molar-refractivity contribution in [3.05, 3.63) is 82.7 Å². The number of hydrogen-bond donors (Lipinski definition) is 2. The van der Waals surface area contributed by atoms with E-state index in [2.05, 4.69) is 15.6 Å². The summed E-state index contributed by atoms with van der Waals surface area (Å²) in [4.78, 5) is 4.63. The normalized spacial score (nSPS) is 27.3. The predicted molar refractivity (Wildman–Crippen MR) is 153 cm³/mol. The summed E-state index contributed by atoms with van der Waals surface area (Å²) in [5.41, 5.74) is -0.962. The van der Waals surface area contributed by atoms with Crippen molar-refractivity contribution in [3.8, 4) is 11.5 Å². The number of nitrogens with zero attached hydrogens (tertiary/aromatic N) is 1. The summed E-state index contributed by atoms with van der Waals surface area (Å²) in [6.45, 7) is 4.82. The number of aromatic nitrogens is 1. The van der Waals surface area contributed by atoms with Crippen LogP contribution >= 0.6 is 0 Å². The van der Waals surface area contributed by atoms with E-state index in [9.17, 15) is 26.3 Å². The van der Waals surface area contributed by atoms with Crippen LogP contribution in [0.1, 0.15) is 54.8 Å². The predicted octanol–water partition coefficient (Wildman–Crippen LogP) is 7.18. The highest BCUT2D eigenvalue weighted by Crippen LogP contribution is 2.59. The summed E-state index contributed by atoms with van der Waals surface area (Å²) in [5.74, 6) is -5.17. The van der Waals surface area contributed by atoms with E-state index in [1.54, 1.807) is 6.92 Å². The van der Waals surface area contributed by atoms with Gasteiger partial charge in [0.15, 0.2) is 17.2 Å². The van der Waals surface area contributed by atoms with Gasteiger partial charge in [-0.1, -0.05) is 43.3 Å². The van der Waals surface area contributed by atoms with Gasteiger partial charge in [0, 0.05) is 30.0 Å². The Kier molecular flexibility index (Phi) is 9.04. The second kappa shape index (κ2) is 12.5. The zero-order chi connectivity index (χ0) is 31.8. The second-order valence-electron chi connectivity index (χ2n) is 11.5. The summed E-state index contributed by atoms with van der Waals surface area (Å²) in [6, 6.07) is 12.3. The molecular formula is C32H35F6N3O3. The molecule has 3 aromatic rings. The molecule has 6 nitrogen and oxygen atoms in total. The van der Waals surface area contributed by atoms with E-state index in [4.69, 9.17) is 14.2 Å². The van der Waals surface area contributed by atoms with Crippen molar-refractivity contribution in [2.75, 3.05) is 25.5 Å². The maximum atomic E-state index is 14.9. The summed E-state index contributed by atoms with van der Waals surface area (Å²) in [7, 11) is 1.12. The molecule has 1 aromatic heterocycles. The molecule has 44 heavy (non-hydrogen) atoms. The Balaban J connectivity index is 1.62. The number of aryl methyl sites for hydroxylation is 1. The number of hydrogen-bond acceptors (Lipinski definition) is 6. The SMILES string of the molecule is COc1c([C@H]2[C@H](c3cc(OCc4ccccc4)c(N[C@H]4CCNC[C@@H]4F)c(C)n3)O[C@@](C)(C(F)(F)F)[C@H]2C)ccc(F)c1F. The molecule has 0 unspecified atom stereocenters. The van der Waals surface area contributed by atoms with Crippen molar-refractivity contribution >= 4 is 5.69 Å². The summed E-state index contributed by atoms with van der Waals surface area (Å²) in [6.07, 6.45) is -6.86. The monoisotopic (exact) mass is 623 g/mol. The molecule has 2 N–H and O–H groups in total. The van der Waals surface area contributed by atoms with Crippen LogP contribution in [0.15, 0.2) is 48.5 Å². The number of rotatable bonds is 8. The van der Waals surface area contributed by atoms with Crippen molar-refractivity contribution in [3.63, 3.8) is 0 Å². The Hall–Kier alpha value is -3.51. The average molecular weight is 624 g/mol. The topological polar surface area (TPSA) is 64.6 Å². The number of pyridine rings is 1. The highest BCUT2D eigenvalue weighted by Gasteiger charge is 2.65. The van der Waals surface area contributed by atoms with Gasteiger partial charge in [0.05, 0.1) is 30.2 Å². The van der Waals surface area contributed by atoms with Gasteiger partial charge < -0.3 is 24.8 Å². The molecule has 2 saturated heterocycles. The minimum atomic E-state index is -4.81. The number of ether oxygens (including phenoxy) is 3. The first-order chi connectivity index (χ1) is 20.9. The fourth-order valence-corrected chi connectivity index (χ4v) is 6.07. The first-order valence-electron chi connectivity index (χ1n) is 14.4. The van der Waals surface area contributed by atoms with Gasteiger partial charge in [0.25, 0.3) is 0 Å². The van der Waals surface area contributed by atoms with E-state index >= 15 is 0 Å². The third-order valence-electron chi connectivity index (χ3n) is 8.76. The van der Waals surface area contributed by atoms with Gasteiger partial charge in [-0.15, -0.1) is 0 Å². The Labute approximate surface area is 252 Å². The molecule has 0 saturated carbocycles.